The Balaban J connectivity index is 1.57. The van der Waals surface area contributed by atoms with E-state index in [1.54, 1.807) is 19.4 Å². The van der Waals surface area contributed by atoms with Crippen molar-refractivity contribution in [1.29, 1.82) is 0 Å². The summed E-state index contributed by atoms with van der Waals surface area (Å²) in [6.45, 7) is 4.14. The maximum absolute atomic E-state index is 12.6. The van der Waals surface area contributed by atoms with Crippen LogP contribution in [-0.4, -0.2) is 54.0 Å². The summed E-state index contributed by atoms with van der Waals surface area (Å²) >= 11 is 0. The van der Waals surface area contributed by atoms with Gasteiger partial charge in [-0.25, -0.2) is 0 Å². The normalized spacial score (nSPS) is 15.4. The molecule has 1 aromatic carbocycles. The summed E-state index contributed by atoms with van der Waals surface area (Å²) < 4.78 is 5.19. The zero-order valence-corrected chi connectivity index (χ0v) is 13.3. The lowest BCUT2D eigenvalue weighted by atomic mass is 10.1. The Labute approximate surface area is 136 Å². The Hall–Kier alpha value is -2.40. The van der Waals surface area contributed by atoms with E-state index < -0.39 is 0 Å². The van der Waals surface area contributed by atoms with E-state index in [1.807, 2.05) is 35.4 Å². The van der Waals surface area contributed by atoms with Crippen molar-refractivity contribution in [3.8, 4) is 5.75 Å². The predicted molar refractivity (Wildman–Crippen MR) is 88.4 cm³/mol. The molecule has 0 saturated carbocycles. The topological polar surface area (TPSA) is 45.7 Å². The Morgan fingerprint density at radius 2 is 2.00 bits per heavy atom. The number of rotatable bonds is 4. The number of nitrogens with zero attached hydrogens (tertiary/aromatic N) is 3. The third-order valence-electron chi connectivity index (χ3n) is 4.11. The van der Waals surface area contributed by atoms with Crippen molar-refractivity contribution in [2.75, 3.05) is 33.3 Å². The van der Waals surface area contributed by atoms with Crippen LogP contribution in [0.2, 0.25) is 0 Å². The Bertz CT molecular complexity index is 652. The van der Waals surface area contributed by atoms with Crippen molar-refractivity contribution in [1.82, 2.24) is 14.8 Å². The fourth-order valence-corrected chi connectivity index (χ4v) is 2.80. The van der Waals surface area contributed by atoms with E-state index in [4.69, 9.17) is 4.74 Å². The lowest BCUT2D eigenvalue weighted by Gasteiger charge is -2.34. The molecular formula is C18H21N3O2. The second-order valence-electron chi connectivity index (χ2n) is 5.66. The Morgan fingerprint density at radius 1 is 1.17 bits per heavy atom. The highest BCUT2D eigenvalue weighted by Crippen LogP contribution is 2.16. The van der Waals surface area contributed by atoms with Gasteiger partial charge in [0.15, 0.2) is 0 Å². The third-order valence-corrected chi connectivity index (χ3v) is 4.11. The van der Waals surface area contributed by atoms with Gasteiger partial charge in [0.1, 0.15) is 5.75 Å². The summed E-state index contributed by atoms with van der Waals surface area (Å²) in [6, 6.07) is 11.4. The van der Waals surface area contributed by atoms with E-state index in [-0.39, 0.29) is 5.91 Å². The van der Waals surface area contributed by atoms with Crippen LogP contribution in [0, 0.1) is 0 Å². The van der Waals surface area contributed by atoms with Gasteiger partial charge in [-0.05, 0) is 29.8 Å². The molecule has 1 saturated heterocycles. The second kappa shape index (κ2) is 7.24. The fourth-order valence-electron chi connectivity index (χ4n) is 2.80. The number of hydrogen-bond acceptors (Lipinski definition) is 4. The molecule has 0 atom stereocenters. The molecule has 0 radical (unpaired) electrons. The molecule has 0 N–H and O–H groups in total. The summed E-state index contributed by atoms with van der Waals surface area (Å²) in [6.07, 6.45) is 3.68. The van der Waals surface area contributed by atoms with E-state index >= 15 is 0 Å². The SMILES string of the molecule is COc1cccc(C(=O)N2CCN(Cc3cccnc3)CC2)c1. The number of hydrogen-bond donors (Lipinski definition) is 0. The molecule has 23 heavy (non-hydrogen) atoms. The minimum absolute atomic E-state index is 0.0740. The number of carbonyl (C=O) groups is 1. The van der Waals surface area contributed by atoms with Crippen LogP contribution in [0.15, 0.2) is 48.8 Å². The summed E-state index contributed by atoms with van der Waals surface area (Å²) in [5, 5.41) is 0. The molecule has 5 nitrogen and oxygen atoms in total. The molecular weight excluding hydrogens is 290 g/mol. The number of amides is 1. The molecule has 0 unspecified atom stereocenters. The standard InChI is InChI=1S/C18H21N3O2/c1-23-17-6-2-5-16(12-17)18(22)21-10-8-20(9-11-21)14-15-4-3-7-19-13-15/h2-7,12-13H,8-11,14H2,1H3. The van der Waals surface area contributed by atoms with Crippen molar-refractivity contribution in [3.63, 3.8) is 0 Å². The molecule has 1 aliphatic rings. The zero-order chi connectivity index (χ0) is 16.1. The van der Waals surface area contributed by atoms with E-state index in [0.29, 0.717) is 11.3 Å². The Morgan fingerprint density at radius 3 is 2.70 bits per heavy atom. The van der Waals surface area contributed by atoms with Gasteiger partial charge in [0.25, 0.3) is 5.91 Å². The largest absolute Gasteiger partial charge is 0.497 e. The molecule has 5 heteroatoms. The summed E-state index contributed by atoms with van der Waals surface area (Å²) in [5.41, 5.74) is 1.89. The maximum atomic E-state index is 12.6. The summed E-state index contributed by atoms with van der Waals surface area (Å²) in [4.78, 5) is 21.0. The monoisotopic (exact) mass is 311 g/mol. The van der Waals surface area contributed by atoms with Gasteiger partial charge in [-0.1, -0.05) is 12.1 Å². The van der Waals surface area contributed by atoms with Gasteiger partial charge >= 0.3 is 0 Å². The molecule has 0 aliphatic carbocycles. The molecule has 0 spiro atoms. The number of methoxy groups -OCH3 is 1. The van der Waals surface area contributed by atoms with Gasteiger partial charge in [0, 0.05) is 50.7 Å². The molecule has 1 fully saturated rings. The van der Waals surface area contributed by atoms with E-state index in [9.17, 15) is 4.79 Å². The molecule has 3 rings (SSSR count). The first-order valence-corrected chi connectivity index (χ1v) is 7.81. The van der Waals surface area contributed by atoms with Crippen molar-refractivity contribution in [2.45, 2.75) is 6.54 Å². The van der Waals surface area contributed by atoms with Crippen LogP contribution in [-0.2, 0) is 6.54 Å². The first kappa shape index (κ1) is 15.5. The van der Waals surface area contributed by atoms with Crippen LogP contribution in [0.1, 0.15) is 15.9 Å². The van der Waals surface area contributed by atoms with Crippen LogP contribution in [0.3, 0.4) is 0 Å². The minimum Gasteiger partial charge on any atom is -0.497 e. The lowest BCUT2D eigenvalue weighted by Crippen LogP contribution is -2.48. The highest BCUT2D eigenvalue weighted by atomic mass is 16.5. The molecule has 120 valence electrons. The van der Waals surface area contributed by atoms with Crippen molar-refractivity contribution in [2.24, 2.45) is 0 Å². The van der Waals surface area contributed by atoms with Gasteiger partial charge in [-0.2, -0.15) is 0 Å². The number of aromatic nitrogens is 1. The minimum atomic E-state index is 0.0740. The average Bonchev–Trinajstić information content (AvgIpc) is 2.63. The lowest BCUT2D eigenvalue weighted by molar-refractivity contribution is 0.0628. The fraction of sp³-hybridized carbons (Fsp3) is 0.333. The first-order valence-electron chi connectivity index (χ1n) is 7.81. The number of benzene rings is 1. The van der Waals surface area contributed by atoms with Gasteiger partial charge < -0.3 is 9.64 Å². The zero-order valence-electron chi connectivity index (χ0n) is 13.3. The van der Waals surface area contributed by atoms with Crippen LogP contribution >= 0.6 is 0 Å². The van der Waals surface area contributed by atoms with Crippen LogP contribution in [0.5, 0.6) is 5.75 Å². The quantitative estimate of drug-likeness (QED) is 0.867. The van der Waals surface area contributed by atoms with E-state index in [1.165, 1.54) is 5.56 Å². The summed E-state index contributed by atoms with van der Waals surface area (Å²) in [5.74, 6) is 0.788. The first-order chi connectivity index (χ1) is 11.3. The average molecular weight is 311 g/mol. The second-order valence-corrected chi connectivity index (χ2v) is 5.66. The van der Waals surface area contributed by atoms with E-state index in [0.717, 1.165) is 32.7 Å². The van der Waals surface area contributed by atoms with E-state index in [2.05, 4.69) is 16.0 Å². The highest BCUT2D eigenvalue weighted by Gasteiger charge is 2.22. The predicted octanol–water partition coefficient (Wildman–Crippen LogP) is 2.05. The van der Waals surface area contributed by atoms with Gasteiger partial charge in [0.05, 0.1) is 7.11 Å². The van der Waals surface area contributed by atoms with Gasteiger partial charge in [0.2, 0.25) is 0 Å². The van der Waals surface area contributed by atoms with Crippen molar-refractivity contribution in [3.05, 3.63) is 59.9 Å². The summed E-state index contributed by atoms with van der Waals surface area (Å²) in [7, 11) is 1.61. The van der Waals surface area contributed by atoms with Gasteiger partial charge in [-0.3, -0.25) is 14.7 Å². The number of piperazine rings is 1. The van der Waals surface area contributed by atoms with Crippen molar-refractivity contribution >= 4 is 5.91 Å². The molecule has 1 aliphatic heterocycles. The molecule has 0 bridgehead atoms. The highest BCUT2D eigenvalue weighted by molar-refractivity contribution is 5.94. The van der Waals surface area contributed by atoms with Crippen LogP contribution in [0.4, 0.5) is 0 Å². The number of carbonyl (C=O) groups excluding carboxylic acids is 1. The van der Waals surface area contributed by atoms with Crippen LogP contribution in [0.25, 0.3) is 0 Å². The number of ether oxygens (including phenoxy) is 1. The number of pyridine rings is 1. The molecule has 2 heterocycles. The maximum Gasteiger partial charge on any atom is 0.254 e. The van der Waals surface area contributed by atoms with Crippen molar-refractivity contribution < 1.29 is 9.53 Å². The third kappa shape index (κ3) is 3.87. The van der Waals surface area contributed by atoms with Gasteiger partial charge in [-0.15, -0.1) is 0 Å². The smallest absolute Gasteiger partial charge is 0.254 e. The molecule has 1 aromatic heterocycles. The Kier molecular flexibility index (Phi) is 4.88. The molecule has 1 amide bonds. The molecule has 2 aromatic rings. The van der Waals surface area contributed by atoms with Crippen LogP contribution < -0.4 is 4.74 Å².